The number of aromatic nitrogens is 1. The molecule has 12 heteroatoms. The van der Waals surface area contributed by atoms with Crippen LogP contribution in [-0.4, -0.2) is 70.8 Å². The van der Waals surface area contributed by atoms with E-state index >= 15 is 0 Å². The first-order valence-electron chi connectivity index (χ1n) is 16.5. The number of benzene rings is 1. The van der Waals surface area contributed by atoms with E-state index in [1.165, 1.54) is 22.9 Å². The van der Waals surface area contributed by atoms with Gasteiger partial charge in [0, 0.05) is 24.8 Å². The number of nitrogens with zero attached hydrogens (tertiary/aromatic N) is 2. The van der Waals surface area contributed by atoms with E-state index in [0.717, 1.165) is 6.42 Å². The first kappa shape index (κ1) is 34.6. The summed E-state index contributed by atoms with van der Waals surface area (Å²) in [7, 11) is 1.42. The van der Waals surface area contributed by atoms with E-state index in [2.05, 4.69) is 16.0 Å². The molecule has 12 nitrogen and oxygen atoms in total. The third kappa shape index (κ3) is 7.76. The Kier molecular flexibility index (Phi) is 11.9. The number of rotatable bonds is 11. The lowest BCUT2D eigenvalue weighted by atomic mass is 9.93. The van der Waals surface area contributed by atoms with Crippen molar-refractivity contribution in [3.63, 3.8) is 0 Å². The van der Waals surface area contributed by atoms with Crippen LogP contribution in [0.2, 0.25) is 0 Å². The summed E-state index contributed by atoms with van der Waals surface area (Å²) in [5, 5.41) is 8.77. The number of hydrogen-bond acceptors (Lipinski definition) is 7. The highest BCUT2D eigenvalue weighted by Gasteiger charge is 2.41. The second-order valence-electron chi connectivity index (χ2n) is 12.3. The molecule has 2 aliphatic rings. The molecule has 2 fully saturated rings. The van der Waals surface area contributed by atoms with Crippen molar-refractivity contribution in [2.75, 3.05) is 13.7 Å². The maximum Gasteiger partial charge on any atom is 0.248 e. The van der Waals surface area contributed by atoms with Gasteiger partial charge in [-0.3, -0.25) is 28.8 Å². The lowest BCUT2D eigenvalue weighted by molar-refractivity contribution is -0.147. The molecule has 0 spiro atoms. The van der Waals surface area contributed by atoms with Gasteiger partial charge in [-0.05, 0) is 50.2 Å². The SMILES string of the molecule is CCC(=O)CCCCC[C@@H]1NC(=O)C2CCCCN2C(=O)C([C@@H](C)CC)NC(=O)[C@H](c2cn(OC)c3ccccc3c2=O)NC1=O. The number of carbonyl (C=O) groups excluding carboxylic acids is 5. The van der Waals surface area contributed by atoms with E-state index in [1.807, 2.05) is 20.8 Å². The summed E-state index contributed by atoms with van der Waals surface area (Å²) < 4.78 is 1.36. The van der Waals surface area contributed by atoms with Crippen LogP contribution in [0.4, 0.5) is 0 Å². The first-order valence-corrected chi connectivity index (χ1v) is 16.5. The van der Waals surface area contributed by atoms with Gasteiger partial charge in [0.15, 0.2) is 5.43 Å². The second kappa shape index (κ2) is 15.9. The predicted molar refractivity (Wildman–Crippen MR) is 173 cm³/mol. The van der Waals surface area contributed by atoms with Gasteiger partial charge in [0.2, 0.25) is 23.6 Å². The van der Waals surface area contributed by atoms with Crippen molar-refractivity contribution in [1.82, 2.24) is 25.6 Å². The third-order valence-electron chi connectivity index (χ3n) is 9.30. The number of fused-ring (bicyclic) bond motifs is 2. The maximum absolute atomic E-state index is 14.2. The van der Waals surface area contributed by atoms with Crippen molar-refractivity contribution in [1.29, 1.82) is 0 Å². The molecule has 5 atom stereocenters. The molecule has 250 valence electrons. The number of piperidine rings is 1. The Bertz CT molecular complexity index is 1500. The van der Waals surface area contributed by atoms with Gasteiger partial charge in [-0.1, -0.05) is 52.2 Å². The van der Waals surface area contributed by atoms with E-state index in [0.29, 0.717) is 63.4 Å². The minimum absolute atomic E-state index is 0.0437. The molecular weight excluding hydrogens is 590 g/mol. The van der Waals surface area contributed by atoms with Gasteiger partial charge in [-0.25, -0.2) is 0 Å². The molecule has 4 rings (SSSR count). The van der Waals surface area contributed by atoms with Gasteiger partial charge in [0.25, 0.3) is 0 Å². The monoisotopic (exact) mass is 637 g/mol. The maximum atomic E-state index is 14.2. The van der Waals surface area contributed by atoms with Crippen LogP contribution in [0.3, 0.4) is 0 Å². The number of amides is 4. The molecule has 46 heavy (non-hydrogen) atoms. The Morgan fingerprint density at radius 3 is 2.43 bits per heavy atom. The summed E-state index contributed by atoms with van der Waals surface area (Å²) in [5.41, 5.74) is -0.0351. The van der Waals surface area contributed by atoms with Crippen LogP contribution in [0.5, 0.6) is 0 Å². The van der Waals surface area contributed by atoms with E-state index in [-0.39, 0.29) is 35.0 Å². The molecule has 0 radical (unpaired) electrons. The average molecular weight is 638 g/mol. The summed E-state index contributed by atoms with van der Waals surface area (Å²) in [6, 6.07) is 2.50. The van der Waals surface area contributed by atoms with Crippen LogP contribution >= 0.6 is 0 Å². The fourth-order valence-corrected chi connectivity index (χ4v) is 6.28. The predicted octanol–water partition coefficient (Wildman–Crippen LogP) is 2.56. The van der Waals surface area contributed by atoms with Gasteiger partial charge in [-0.15, -0.1) is 0 Å². The van der Waals surface area contributed by atoms with Gasteiger partial charge in [-0.2, -0.15) is 4.73 Å². The zero-order valence-corrected chi connectivity index (χ0v) is 27.3. The summed E-state index contributed by atoms with van der Waals surface area (Å²) >= 11 is 0. The highest BCUT2D eigenvalue weighted by Crippen LogP contribution is 2.24. The minimum atomic E-state index is -1.48. The molecule has 0 bridgehead atoms. The molecule has 4 amide bonds. The molecule has 2 aliphatic heterocycles. The zero-order chi connectivity index (χ0) is 33.4. The number of unbranched alkanes of at least 4 members (excludes halogenated alkanes) is 2. The topological polar surface area (TPSA) is 156 Å². The molecule has 2 aromatic rings. The third-order valence-corrected chi connectivity index (χ3v) is 9.30. The van der Waals surface area contributed by atoms with Crippen molar-refractivity contribution in [2.24, 2.45) is 5.92 Å². The summed E-state index contributed by atoms with van der Waals surface area (Å²) in [5.74, 6) is -2.24. The lowest BCUT2D eigenvalue weighted by Crippen LogP contribution is -2.63. The van der Waals surface area contributed by atoms with Crippen LogP contribution in [0.15, 0.2) is 35.3 Å². The second-order valence-corrected chi connectivity index (χ2v) is 12.3. The van der Waals surface area contributed by atoms with Crippen molar-refractivity contribution in [3.05, 3.63) is 46.2 Å². The van der Waals surface area contributed by atoms with Crippen LogP contribution in [0.25, 0.3) is 10.9 Å². The molecule has 3 heterocycles. The number of carbonyl (C=O) groups is 5. The summed E-state index contributed by atoms with van der Waals surface area (Å²) in [6.45, 7) is 5.93. The number of nitrogens with one attached hydrogen (secondary N) is 3. The Hall–Kier alpha value is -4.22. The number of hydrogen-bond donors (Lipinski definition) is 3. The van der Waals surface area contributed by atoms with Crippen molar-refractivity contribution < 1.29 is 28.8 Å². The molecule has 0 saturated carbocycles. The summed E-state index contributed by atoms with van der Waals surface area (Å²) in [6.07, 6.45) is 6.90. The van der Waals surface area contributed by atoms with Crippen molar-refractivity contribution in [2.45, 2.75) is 109 Å². The smallest absolute Gasteiger partial charge is 0.248 e. The zero-order valence-electron chi connectivity index (χ0n) is 27.3. The first-order chi connectivity index (χ1) is 22.1. The summed E-state index contributed by atoms with van der Waals surface area (Å²) in [4.78, 5) is 88.6. The Morgan fingerprint density at radius 1 is 0.957 bits per heavy atom. The molecule has 3 N–H and O–H groups in total. The largest absolute Gasteiger partial charge is 0.417 e. The van der Waals surface area contributed by atoms with Gasteiger partial charge < -0.3 is 25.7 Å². The molecule has 1 aromatic carbocycles. The Balaban J connectivity index is 1.76. The fraction of sp³-hybridized carbons (Fsp3) is 0.588. The van der Waals surface area contributed by atoms with Crippen LogP contribution in [0, 0.1) is 5.92 Å². The molecular formula is C34H47N5O7. The highest BCUT2D eigenvalue weighted by atomic mass is 16.6. The van der Waals surface area contributed by atoms with E-state index in [4.69, 9.17) is 4.84 Å². The molecule has 1 aromatic heterocycles. The van der Waals surface area contributed by atoms with E-state index in [1.54, 1.807) is 24.3 Å². The minimum Gasteiger partial charge on any atom is -0.417 e. The van der Waals surface area contributed by atoms with Crippen LogP contribution in [0.1, 0.15) is 96.6 Å². The average Bonchev–Trinajstić information content (AvgIpc) is 3.07. The fourth-order valence-electron chi connectivity index (χ4n) is 6.28. The van der Waals surface area contributed by atoms with Gasteiger partial charge in [0.1, 0.15) is 37.1 Å². The van der Waals surface area contributed by atoms with Gasteiger partial charge in [0.05, 0.1) is 17.3 Å². The number of Topliss-reactive ketones (excluding diaryl/α,β-unsaturated/α-hetero) is 1. The van der Waals surface area contributed by atoms with E-state index < -0.39 is 47.3 Å². The van der Waals surface area contributed by atoms with Crippen LogP contribution < -0.4 is 26.2 Å². The Morgan fingerprint density at radius 2 is 1.72 bits per heavy atom. The van der Waals surface area contributed by atoms with E-state index in [9.17, 15) is 28.8 Å². The quantitative estimate of drug-likeness (QED) is 0.320. The lowest BCUT2D eigenvalue weighted by Gasteiger charge is -2.39. The van der Waals surface area contributed by atoms with Crippen LogP contribution in [-0.2, 0) is 24.0 Å². The molecule has 0 aliphatic carbocycles. The molecule has 2 saturated heterocycles. The Labute approximate surface area is 269 Å². The van der Waals surface area contributed by atoms with Gasteiger partial charge >= 0.3 is 0 Å². The normalized spacial score (nSPS) is 23.3. The number of para-hydroxylation sites is 1. The van der Waals surface area contributed by atoms with Crippen molar-refractivity contribution >= 4 is 40.3 Å². The molecule has 2 unspecified atom stereocenters. The van der Waals surface area contributed by atoms with Crippen molar-refractivity contribution in [3.8, 4) is 0 Å². The number of ketones is 1. The standard InChI is InChI=1S/C34H47N5O7/c1-5-21(3)28-34(45)38-19-13-12-18-27(38)32(43)35-25(16-9-7-8-14-22(40)6-2)31(42)37-29(33(44)36-28)24-20-39(46-4)26-17-11-10-15-23(26)30(24)41/h10-11,15,17,20-21,25,27-29H,5-9,12-14,16,18-19H2,1-4H3,(H,35,43)(H,36,44)(H,37,42)/t21-,25-,27?,28?,29-/m0/s1. The highest BCUT2D eigenvalue weighted by molar-refractivity contribution is 5.98. The number of pyridine rings is 1.